The van der Waals surface area contributed by atoms with E-state index in [1.165, 1.54) is 0 Å². The largest absolute Gasteiger partial charge is 0.238 e. The Labute approximate surface area is 238 Å². The van der Waals surface area contributed by atoms with E-state index in [4.69, 9.17) is 21.5 Å². The van der Waals surface area contributed by atoms with Crippen LogP contribution in [0.15, 0.2) is 127 Å². The predicted molar refractivity (Wildman–Crippen MR) is 162 cm³/mol. The Morgan fingerprint density at radius 2 is 1.07 bits per heavy atom. The number of hydrogen-bond acceptors (Lipinski definition) is 4. The molecule has 0 aliphatic heterocycles. The zero-order valence-corrected chi connectivity index (χ0v) is 22.1. The smallest absolute Gasteiger partial charge is 0.187 e. The number of aromatic nitrogens is 3. The van der Waals surface area contributed by atoms with Crippen molar-refractivity contribution in [3.8, 4) is 51.1 Å². The maximum atomic E-state index is 9.24. The van der Waals surface area contributed by atoms with Gasteiger partial charge in [0, 0.05) is 17.5 Å². The number of nitriles is 1. The molecule has 0 N–H and O–H groups in total. The SMILES string of the molecule is [C-]#[N+]c1ccc(-c2nc(Cc3cc(-c4ccccc4)cc(-c4ccccc4)c3)nc(-c3ccc(C#N)cc3)n2)cc1. The monoisotopic (exact) mass is 525 g/mol. The molecule has 192 valence electrons. The van der Waals surface area contributed by atoms with Crippen LogP contribution in [0.2, 0.25) is 0 Å². The Hall–Kier alpha value is -5.91. The number of hydrogen-bond donors (Lipinski definition) is 0. The normalized spacial score (nSPS) is 10.5. The molecule has 5 aromatic carbocycles. The lowest BCUT2D eigenvalue weighted by atomic mass is 9.95. The van der Waals surface area contributed by atoms with Gasteiger partial charge in [0.1, 0.15) is 5.82 Å². The van der Waals surface area contributed by atoms with E-state index in [0.29, 0.717) is 35.1 Å². The van der Waals surface area contributed by atoms with Crippen molar-refractivity contribution >= 4 is 5.69 Å². The van der Waals surface area contributed by atoms with E-state index in [0.717, 1.165) is 38.9 Å². The average Bonchev–Trinajstić information content (AvgIpc) is 3.05. The van der Waals surface area contributed by atoms with Gasteiger partial charge in [0.15, 0.2) is 17.3 Å². The number of rotatable bonds is 6. The standard InChI is InChI=1S/C36H23N5/c1-38-33-18-16-30(17-19-33)36-40-34(39-35(41-36)29-14-12-25(24-37)13-15-29)22-26-20-31(27-8-4-2-5-9-27)23-32(21-26)28-10-6-3-7-11-28/h2-21,23H,22H2. The summed E-state index contributed by atoms with van der Waals surface area (Å²) in [4.78, 5) is 18.0. The lowest BCUT2D eigenvalue weighted by Gasteiger charge is -2.12. The summed E-state index contributed by atoms with van der Waals surface area (Å²) < 4.78 is 0. The van der Waals surface area contributed by atoms with Gasteiger partial charge in [-0.2, -0.15) is 5.26 Å². The van der Waals surface area contributed by atoms with E-state index in [-0.39, 0.29) is 0 Å². The van der Waals surface area contributed by atoms with Crippen molar-refractivity contribution in [2.24, 2.45) is 0 Å². The highest BCUT2D eigenvalue weighted by Crippen LogP contribution is 2.30. The molecule has 1 heterocycles. The molecule has 0 bridgehead atoms. The summed E-state index contributed by atoms with van der Waals surface area (Å²) in [6.07, 6.45) is 0.499. The summed E-state index contributed by atoms with van der Waals surface area (Å²) in [6.45, 7) is 7.28. The summed E-state index contributed by atoms with van der Waals surface area (Å²) in [5.41, 5.74) is 8.34. The molecule has 0 saturated heterocycles. The topological polar surface area (TPSA) is 66.8 Å². The Morgan fingerprint density at radius 1 is 0.561 bits per heavy atom. The summed E-state index contributed by atoms with van der Waals surface area (Å²) in [7, 11) is 0. The first-order valence-corrected chi connectivity index (χ1v) is 13.2. The van der Waals surface area contributed by atoms with Crippen LogP contribution in [0.4, 0.5) is 5.69 Å². The van der Waals surface area contributed by atoms with Crippen LogP contribution >= 0.6 is 0 Å². The molecular weight excluding hydrogens is 502 g/mol. The highest BCUT2D eigenvalue weighted by molar-refractivity contribution is 5.74. The second-order valence-electron chi connectivity index (χ2n) is 9.57. The number of nitrogens with zero attached hydrogens (tertiary/aromatic N) is 5. The van der Waals surface area contributed by atoms with Crippen LogP contribution in [-0.2, 0) is 6.42 Å². The Bertz CT molecular complexity index is 1770. The van der Waals surface area contributed by atoms with E-state index in [1.54, 1.807) is 24.3 Å². The van der Waals surface area contributed by atoms with E-state index in [9.17, 15) is 5.26 Å². The third-order valence-electron chi connectivity index (χ3n) is 6.78. The quantitative estimate of drug-likeness (QED) is 0.204. The third kappa shape index (κ3) is 5.76. The van der Waals surface area contributed by atoms with Gasteiger partial charge in [0.2, 0.25) is 0 Å². The molecule has 0 unspecified atom stereocenters. The van der Waals surface area contributed by atoms with Crippen LogP contribution in [0, 0.1) is 17.9 Å². The van der Waals surface area contributed by atoms with Crippen molar-refractivity contribution in [2.75, 3.05) is 0 Å². The first kappa shape index (κ1) is 25.4. The van der Waals surface area contributed by atoms with E-state index < -0.39 is 0 Å². The summed E-state index contributed by atoms with van der Waals surface area (Å²) in [6, 6.07) is 43.9. The molecule has 0 saturated carbocycles. The molecule has 0 amide bonds. The van der Waals surface area contributed by atoms with Gasteiger partial charge in [0.25, 0.3) is 0 Å². The van der Waals surface area contributed by atoms with E-state index in [1.807, 2.05) is 60.7 Å². The Morgan fingerprint density at radius 3 is 1.56 bits per heavy atom. The van der Waals surface area contributed by atoms with Crippen molar-refractivity contribution in [2.45, 2.75) is 6.42 Å². The van der Waals surface area contributed by atoms with Gasteiger partial charge < -0.3 is 0 Å². The van der Waals surface area contributed by atoms with E-state index in [2.05, 4.69) is 53.4 Å². The van der Waals surface area contributed by atoms with Gasteiger partial charge >= 0.3 is 0 Å². The predicted octanol–water partition coefficient (Wildman–Crippen LogP) is 8.55. The average molecular weight is 526 g/mol. The highest BCUT2D eigenvalue weighted by atomic mass is 15.0. The van der Waals surface area contributed by atoms with Crippen molar-refractivity contribution in [1.82, 2.24) is 15.0 Å². The zero-order valence-electron chi connectivity index (χ0n) is 22.1. The Balaban J connectivity index is 1.46. The molecular formula is C36H23N5. The maximum Gasteiger partial charge on any atom is 0.187 e. The van der Waals surface area contributed by atoms with Gasteiger partial charge in [-0.1, -0.05) is 97.1 Å². The minimum atomic E-state index is 0.499. The van der Waals surface area contributed by atoms with Crippen molar-refractivity contribution in [1.29, 1.82) is 5.26 Å². The van der Waals surface area contributed by atoms with Crippen LogP contribution < -0.4 is 0 Å². The molecule has 0 radical (unpaired) electrons. The molecule has 6 aromatic rings. The van der Waals surface area contributed by atoms with Gasteiger partial charge in [-0.3, -0.25) is 0 Å². The second-order valence-corrected chi connectivity index (χ2v) is 9.57. The maximum absolute atomic E-state index is 9.24. The van der Waals surface area contributed by atoms with Gasteiger partial charge in [-0.25, -0.2) is 19.8 Å². The molecule has 0 fully saturated rings. The molecule has 0 spiro atoms. The second kappa shape index (κ2) is 11.5. The third-order valence-corrected chi connectivity index (χ3v) is 6.78. The van der Waals surface area contributed by atoms with Crippen LogP contribution in [-0.4, -0.2) is 15.0 Å². The first-order valence-electron chi connectivity index (χ1n) is 13.2. The summed E-state index contributed by atoms with van der Waals surface area (Å²) in [5, 5.41) is 9.24. The van der Waals surface area contributed by atoms with Crippen LogP contribution in [0.1, 0.15) is 17.0 Å². The Kier molecular flexibility index (Phi) is 7.09. The van der Waals surface area contributed by atoms with E-state index >= 15 is 0 Å². The van der Waals surface area contributed by atoms with Gasteiger partial charge in [0.05, 0.1) is 18.2 Å². The zero-order chi connectivity index (χ0) is 28.0. The molecule has 0 aliphatic carbocycles. The van der Waals surface area contributed by atoms with Crippen LogP contribution in [0.3, 0.4) is 0 Å². The van der Waals surface area contributed by atoms with Crippen molar-refractivity contribution in [3.05, 3.63) is 156 Å². The van der Waals surface area contributed by atoms with Crippen LogP contribution in [0.5, 0.6) is 0 Å². The molecule has 1 aromatic heterocycles. The van der Waals surface area contributed by atoms with Crippen LogP contribution in [0.25, 0.3) is 49.9 Å². The lowest BCUT2D eigenvalue weighted by molar-refractivity contribution is 0.933. The lowest BCUT2D eigenvalue weighted by Crippen LogP contribution is -2.04. The highest BCUT2D eigenvalue weighted by Gasteiger charge is 2.13. The van der Waals surface area contributed by atoms with Crippen molar-refractivity contribution < 1.29 is 0 Å². The molecule has 5 heteroatoms. The molecule has 41 heavy (non-hydrogen) atoms. The van der Waals surface area contributed by atoms with Gasteiger partial charge in [-0.15, -0.1) is 0 Å². The molecule has 5 nitrogen and oxygen atoms in total. The fraction of sp³-hybridized carbons (Fsp3) is 0.0278. The van der Waals surface area contributed by atoms with Gasteiger partial charge in [-0.05, 0) is 58.1 Å². The summed E-state index contributed by atoms with van der Waals surface area (Å²) >= 11 is 0. The summed E-state index contributed by atoms with van der Waals surface area (Å²) in [5.74, 6) is 1.70. The minimum Gasteiger partial charge on any atom is -0.238 e. The molecule has 0 aliphatic rings. The number of benzene rings is 5. The molecule has 6 rings (SSSR count). The minimum absolute atomic E-state index is 0.499. The first-order chi connectivity index (χ1) is 20.2. The fourth-order valence-corrected chi connectivity index (χ4v) is 4.71. The van der Waals surface area contributed by atoms with Crippen molar-refractivity contribution in [3.63, 3.8) is 0 Å². The molecule has 0 atom stereocenters. The fourth-order valence-electron chi connectivity index (χ4n) is 4.71.